The Bertz CT molecular complexity index is 669. The quantitative estimate of drug-likeness (QED) is 0.889. The Balaban J connectivity index is 1.97. The molecule has 0 spiro atoms. The van der Waals surface area contributed by atoms with Gasteiger partial charge in [0.2, 0.25) is 5.91 Å². The molecule has 98 valence electrons. The molecular formula is C13H9Cl2NO2S. The number of nitrogens with one attached hydrogen (secondary N) is 1. The number of amides is 1. The van der Waals surface area contributed by atoms with E-state index in [2.05, 4.69) is 5.32 Å². The number of carbonyl (C=O) groups excluding carboxylic acids is 1. The molecule has 0 bridgehead atoms. The molecule has 2 aromatic rings. The topological polar surface area (TPSA) is 49.3 Å². The molecule has 1 amide bonds. The summed E-state index contributed by atoms with van der Waals surface area (Å²) in [5.74, 6) is -0.0294. The number of rotatable bonds is 2. The van der Waals surface area contributed by atoms with E-state index in [9.17, 15) is 9.90 Å². The van der Waals surface area contributed by atoms with Gasteiger partial charge in [-0.3, -0.25) is 4.79 Å². The smallest absolute Gasteiger partial charge is 0.228 e. The van der Waals surface area contributed by atoms with Gasteiger partial charge in [0.05, 0.1) is 10.8 Å². The van der Waals surface area contributed by atoms with Crippen LogP contribution in [0.3, 0.4) is 0 Å². The number of aliphatic hydroxyl groups excluding tert-OH is 1. The van der Waals surface area contributed by atoms with Crippen molar-refractivity contribution in [3.05, 3.63) is 49.6 Å². The minimum atomic E-state index is -0.836. The Morgan fingerprint density at radius 3 is 2.79 bits per heavy atom. The van der Waals surface area contributed by atoms with Crippen LogP contribution in [0.4, 0.5) is 5.69 Å². The van der Waals surface area contributed by atoms with Crippen molar-refractivity contribution in [1.82, 2.24) is 0 Å². The van der Waals surface area contributed by atoms with Gasteiger partial charge in [-0.15, -0.1) is 11.3 Å². The first kappa shape index (κ1) is 12.9. The third kappa shape index (κ3) is 2.37. The number of benzene rings is 1. The fourth-order valence-corrected chi connectivity index (χ4v) is 3.66. The summed E-state index contributed by atoms with van der Waals surface area (Å²) in [6, 6.07) is 7.05. The van der Waals surface area contributed by atoms with E-state index in [4.69, 9.17) is 23.2 Å². The molecule has 1 atom stereocenters. The molecule has 6 heteroatoms. The zero-order valence-electron chi connectivity index (χ0n) is 9.61. The summed E-state index contributed by atoms with van der Waals surface area (Å²) in [4.78, 5) is 11.3. The lowest BCUT2D eigenvalue weighted by Gasteiger charge is -2.11. The van der Waals surface area contributed by atoms with Gasteiger partial charge in [0.15, 0.2) is 0 Å². The molecule has 2 heterocycles. The first-order valence-corrected chi connectivity index (χ1v) is 7.17. The number of hydrogen-bond donors (Lipinski definition) is 2. The highest BCUT2D eigenvalue weighted by Gasteiger charge is 2.21. The molecule has 3 nitrogen and oxygen atoms in total. The van der Waals surface area contributed by atoms with Crippen LogP contribution in [0.2, 0.25) is 8.67 Å². The van der Waals surface area contributed by atoms with Crippen molar-refractivity contribution < 1.29 is 9.90 Å². The number of fused-ring (bicyclic) bond motifs is 1. The lowest BCUT2D eigenvalue weighted by atomic mass is 10.0. The van der Waals surface area contributed by atoms with E-state index in [-0.39, 0.29) is 5.91 Å². The van der Waals surface area contributed by atoms with Crippen molar-refractivity contribution in [2.75, 3.05) is 5.32 Å². The van der Waals surface area contributed by atoms with Crippen LogP contribution in [0.15, 0.2) is 24.3 Å². The second-order valence-electron chi connectivity index (χ2n) is 4.32. The number of halogens is 2. The van der Waals surface area contributed by atoms with Crippen LogP contribution in [0.25, 0.3) is 0 Å². The highest BCUT2D eigenvalue weighted by Crippen LogP contribution is 2.38. The van der Waals surface area contributed by atoms with Crippen molar-refractivity contribution in [1.29, 1.82) is 0 Å². The maximum absolute atomic E-state index is 11.3. The largest absolute Gasteiger partial charge is 0.384 e. The molecule has 0 fully saturated rings. The minimum Gasteiger partial charge on any atom is -0.384 e. The van der Waals surface area contributed by atoms with Crippen LogP contribution < -0.4 is 5.32 Å². The Hall–Kier alpha value is -1.07. The molecule has 1 aromatic carbocycles. The molecule has 0 aliphatic carbocycles. The van der Waals surface area contributed by atoms with E-state index in [0.29, 0.717) is 26.2 Å². The zero-order valence-corrected chi connectivity index (χ0v) is 11.9. The summed E-state index contributed by atoms with van der Waals surface area (Å²) in [7, 11) is 0. The fraction of sp³-hybridized carbons (Fsp3) is 0.154. The summed E-state index contributed by atoms with van der Waals surface area (Å²) in [5.41, 5.74) is 2.98. The van der Waals surface area contributed by atoms with Gasteiger partial charge in [-0.2, -0.15) is 0 Å². The molecule has 0 saturated heterocycles. The monoisotopic (exact) mass is 313 g/mol. The predicted molar refractivity (Wildman–Crippen MR) is 77.2 cm³/mol. The number of thiophene rings is 1. The van der Waals surface area contributed by atoms with Crippen LogP contribution in [0.1, 0.15) is 22.8 Å². The lowest BCUT2D eigenvalue weighted by molar-refractivity contribution is -0.115. The summed E-state index contributed by atoms with van der Waals surface area (Å²) < 4.78 is 1.02. The number of carbonyl (C=O) groups is 1. The molecule has 1 aliphatic rings. The van der Waals surface area contributed by atoms with Gasteiger partial charge in [0, 0.05) is 11.3 Å². The van der Waals surface area contributed by atoms with Crippen molar-refractivity contribution in [2.24, 2.45) is 0 Å². The summed E-state index contributed by atoms with van der Waals surface area (Å²) in [6.45, 7) is 0. The van der Waals surface area contributed by atoms with E-state index in [1.165, 1.54) is 11.3 Å². The lowest BCUT2D eigenvalue weighted by Crippen LogP contribution is -2.03. The van der Waals surface area contributed by atoms with Gasteiger partial charge in [-0.1, -0.05) is 35.3 Å². The summed E-state index contributed by atoms with van der Waals surface area (Å²) in [5, 5.41) is 13.1. The van der Waals surface area contributed by atoms with Crippen LogP contribution >= 0.6 is 34.5 Å². The molecule has 1 aromatic heterocycles. The fourth-order valence-electron chi connectivity index (χ4n) is 2.14. The van der Waals surface area contributed by atoms with E-state index < -0.39 is 6.10 Å². The van der Waals surface area contributed by atoms with Crippen molar-refractivity contribution in [3.63, 3.8) is 0 Å². The van der Waals surface area contributed by atoms with Crippen LogP contribution in [-0.4, -0.2) is 11.0 Å². The number of hydrogen-bond acceptors (Lipinski definition) is 3. The highest BCUT2D eigenvalue weighted by molar-refractivity contribution is 7.20. The molecule has 3 rings (SSSR count). The molecule has 19 heavy (non-hydrogen) atoms. The predicted octanol–water partition coefficient (Wildman–Crippen LogP) is 3.63. The Kier molecular flexibility index (Phi) is 3.27. The first-order chi connectivity index (χ1) is 9.04. The van der Waals surface area contributed by atoms with Crippen LogP contribution in [0.5, 0.6) is 0 Å². The normalized spacial score (nSPS) is 15.2. The van der Waals surface area contributed by atoms with E-state index in [1.54, 1.807) is 18.2 Å². The maximum atomic E-state index is 11.3. The molecule has 1 unspecified atom stereocenters. The maximum Gasteiger partial charge on any atom is 0.228 e. The summed E-state index contributed by atoms with van der Waals surface area (Å²) >= 11 is 13.1. The van der Waals surface area contributed by atoms with Gasteiger partial charge in [0.25, 0.3) is 0 Å². The average Bonchev–Trinajstić information content (AvgIpc) is 2.88. The van der Waals surface area contributed by atoms with Gasteiger partial charge in [-0.25, -0.2) is 0 Å². The number of aliphatic hydroxyl groups is 1. The van der Waals surface area contributed by atoms with Crippen LogP contribution in [-0.2, 0) is 11.2 Å². The van der Waals surface area contributed by atoms with Crippen molar-refractivity contribution in [3.8, 4) is 0 Å². The molecule has 0 saturated carbocycles. The SMILES string of the molecule is O=C1Cc2cc(C(O)c3cc(Cl)sc3Cl)ccc2N1. The standard InChI is InChI=1S/C13H9Cl2NO2S/c14-10-5-8(13(15)19-10)12(18)6-1-2-9-7(3-6)4-11(17)16-9/h1-3,5,12,18H,4H2,(H,16,17). The highest BCUT2D eigenvalue weighted by atomic mass is 35.5. The van der Waals surface area contributed by atoms with Gasteiger partial charge in [0.1, 0.15) is 10.4 Å². The Labute approximate surface area is 123 Å². The Morgan fingerprint density at radius 2 is 2.11 bits per heavy atom. The van der Waals surface area contributed by atoms with Gasteiger partial charge in [-0.05, 0) is 23.3 Å². The molecular weight excluding hydrogens is 305 g/mol. The van der Waals surface area contributed by atoms with Gasteiger partial charge < -0.3 is 10.4 Å². The first-order valence-electron chi connectivity index (χ1n) is 5.60. The van der Waals surface area contributed by atoms with E-state index in [0.717, 1.165) is 11.3 Å². The van der Waals surface area contributed by atoms with E-state index in [1.807, 2.05) is 6.07 Å². The average molecular weight is 314 g/mol. The second kappa shape index (κ2) is 4.80. The van der Waals surface area contributed by atoms with E-state index >= 15 is 0 Å². The zero-order chi connectivity index (χ0) is 13.6. The molecule has 0 radical (unpaired) electrons. The van der Waals surface area contributed by atoms with Crippen molar-refractivity contribution in [2.45, 2.75) is 12.5 Å². The van der Waals surface area contributed by atoms with Crippen LogP contribution in [0, 0.1) is 0 Å². The molecule has 2 N–H and O–H groups in total. The van der Waals surface area contributed by atoms with Gasteiger partial charge >= 0.3 is 0 Å². The third-order valence-corrected chi connectivity index (χ3v) is 4.57. The number of anilines is 1. The third-order valence-electron chi connectivity index (χ3n) is 3.05. The Morgan fingerprint density at radius 1 is 1.32 bits per heavy atom. The van der Waals surface area contributed by atoms with Crippen molar-refractivity contribution >= 4 is 46.1 Å². The minimum absolute atomic E-state index is 0.0294. The summed E-state index contributed by atoms with van der Waals surface area (Å²) in [6.07, 6.45) is -0.495. The molecule has 1 aliphatic heterocycles. The second-order valence-corrected chi connectivity index (χ2v) is 6.61.